The Bertz CT molecular complexity index is 2420. The first kappa shape index (κ1) is 60.1. The topological polar surface area (TPSA) is 228 Å². The van der Waals surface area contributed by atoms with E-state index in [-0.39, 0.29) is 30.5 Å². The maximum Gasteiger partial charge on any atom is 0.365 e. The Kier molecular flexibility index (Phi) is 20.2. The van der Waals surface area contributed by atoms with Crippen LogP contribution < -0.4 is 0 Å². The molecule has 0 bridgehead atoms. The smallest absolute Gasteiger partial charge is 0.365 e. The molecule has 0 spiro atoms. The van der Waals surface area contributed by atoms with Crippen molar-refractivity contribution in [3.8, 4) is 0 Å². The summed E-state index contributed by atoms with van der Waals surface area (Å²) in [6, 6.07) is 24.8. The highest BCUT2D eigenvalue weighted by molar-refractivity contribution is 5.92. The number of carbonyl (C=O) groups is 4. The number of oxime groups is 1. The van der Waals surface area contributed by atoms with E-state index in [1.54, 1.807) is 146 Å². The van der Waals surface area contributed by atoms with Gasteiger partial charge < -0.3 is 63.0 Å². The predicted octanol–water partition coefficient (Wildman–Crippen LogP) is 7.16. The van der Waals surface area contributed by atoms with Crippen LogP contribution in [-0.4, -0.2) is 155 Å². The molecular weight excluding hydrogens is 981 g/mol. The molecule has 3 aromatic carbocycles. The highest BCUT2D eigenvalue weighted by atomic mass is 16.7. The van der Waals surface area contributed by atoms with Crippen LogP contribution in [0.5, 0.6) is 0 Å². The fourth-order valence-corrected chi connectivity index (χ4v) is 11.2. The zero-order valence-corrected chi connectivity index (χ0v) is 46.2. The maximum absolute atomic E-state index is 14.8. The second-order valence-electron chi connectivity index (χ2n) is 21.8. The van der Waals surface area contributed by atoms with E-state index < -0.39 is 132 Å². The number of hydrogen-bond acceptors (Lipinski definition) is 18. The number of aliphatic hydroxyl groups is 3. The van der Waals surface area contributed by atoms with Crippen LogP contribution in [0, 0.1) is 23.7 Å². The Hall–Kier alpha value is -5.15. The number of methoxy groups -OCH3 is 1. The van der Waals surface area contributed by atoms with Gasteiger partial charge >= 0.3 is 23.9 Å². The molecule has 0 radical (unpaired) electrons. The van der Waals surface area contributed by atoms with Crippen LogP contribution in [0.4, 0.5) is 0 Å². The van der Waals surface area contributed by atoms with Gasteiger partial charge in [-0.25, -0.2) is 14.4 Å². The molecule has 418 valence electrons. The lowest BCUT2D eigenvalue weighted by Gasteiger charge is -2.49. The van der Waals surface area contributed by atoms with Crippen molar-refractivity contribution in [2.75, 3.05) is 21.2 Å². The number of ether oxygens (including phenoxy) is 8. The first-order valence-corrected chi connectivity index (χ1v) is 26.4. The third-order valence-electron chi connectivity index (χ3n) is 15.5. The van der Waals surface area contributed by atoms with Crippen molar-refractivity contribution in [1.29, 1.82) is 0 Å². The lowest BCUT2D eigenvalue weighted by atomic mass is 9.73. The number of cyclic esters (lactones) is 1. The second kappa shape index (κ2) is 25.5. The van der Waals surface area contributed by atoms with Crippen LogP contribution in [0.15, 0.2) is 96.2 Å². The number of rotatable bonds is 13. The third-order valence-corrected chi connectivity index (χ3v) is 15.5. The minimum atomic E-state index is -2.10. The van der Waals surface area contributed by atoms with E-state index in [0.717, 1.165) is 0 Å². The van der Waals surface area contributed by atoms with Crippen molar-refractivity contribution >= 4 is 29.6 Å². The predicted molar refractivity (Wildman–Crippen MR) is 280 cm³/mol. The van der Waals surface area contributed by atoms with Crippen LogP contribution >= 0.6 is 0 Å². The van der Waals surface area contributed by atoms with E-state index in [1.807, 2.05) is 25.9 Å². The van der Waals surface area contributed by atoms with Gasteiger partial charge in [0.2, 0.25) is 0 Å². The number of hydrogen-bond donors (Lipinski definition) is 3. The molecule has 3 aliphatic rings. The van der Waals surface area contributed by atoms with E-state index >= 15 is 0 Å². The van der Waals surface area contributed by atoms with Crippen LogP contribution in [0.2, 0.25) is 0 Å². The normalized spacial score (nSPS) is 37.4. The minimum Gasteiger partial charge on any atom is -0.459 e. The standard InChI is InChI=1S/C58H80N2O16/c1-14-43-58(10,67)48(61)35(4)45(59-76-54(65)41-28-22-17-23-29-41)33(2)31-56(8,66)49(75-55-47(42(60(11)12)30-34(3)69-55)73-52(63)39-24-18-15-19-25-39)36(5)46(37(6)51(62)71-43)72-44-32-57(9,68-13)50(38(7)70-44)74-53(64)40-26-20-16-21-27-40/h15-29,33-38,42-44,46-50,55,61,66-67H,14,30-32H2,1-13H3/b59-45+/t33-,34-,35+,36+,37-,38+,42+,43-,44+,46+,47-,48-,49-,50+,55+,56-,57-,58-/m1/s1. The molecule has 3 aliphatic heterocycles. The highest BCUT2D eigenvalue weighted by Crippen LogP contribution is 2.42. The van der Waals surface area contributed by atoms with E-state index in [1.165, 1.54) is 14.0 Å². The SMILES string of the molecule is CC[C@H]1OC(=O)[C@H](C)[C@@H](O[C@H]2C[C@@](C)(OC)[C@@H](OC(=O)c3ccccc3)[C@H](C)O2)[C@H](C)[C@@H](O[C@@H]2O[C@H](C)C[C@H](N(C)C)[C@H]2OC(=O)c2ccccc2)[C@](C)(O)C[C@@H](C)/C(=N\OC(=O)c2ccccc2)[C@H](C)[C@@H](O)[C@]1(C)O. The average molecular weight is 1060 g/mol. The fourth-order valence-electron chi connectivity index (χ4n) is 11.2. The number of benzene rings is 3. The minimum absolute atomic E-state index is 0.00626. The van der Waals surface area contributed by atoms with Gasteiger partial charge in [-0.3, -0.25) is 4.79 Å². The monoisotopic (exact) mass is 1060 g/mol. The summed E-state index contributed by atoms with van der Waals surface area (Å²) in [5.74, 6) is -6.90. The van der Waals surface area contributed by atoms with Gasteiger partial charge in [0.1, 0.15) is 17.3 Å². The molecular formula is C58H80N2O16. The number of likely N-dealkylation sites (N-methyl/N-ethyl adjacent to an activating group) is 1. The van der Waals surface area contributed by atoms with Gasteiger partial charge in [-0.1, -0.05) is 87.4 Å². The van der Waals surface area contributed by atoms with Crippen molar-refractivity contribution in [2.24, 2.45) is 28.8 Å². The molecule has 0 unspecified atom stereocenters. The van der Waals surface area contributed by atoms with Crippen molar-refractivity contribution in [3.63, 3.8) is 0 Å². The molecule has 3 saturated heterocycles. The lowest BCUT2D eigenvalue weighted by Crippen LogP contribution is -2.62. The third kappa shape index (κ3) is 13.9. The Morgan fingerprint density at radius 1 is 0.724 bits per heavy atom. The van der Waals surface area contributed by atoms with Crippen molar-refractivity contribution in [3.05, 3.63) is 108 Å². The number of esters is 3. The van der Waals surface area contributed by atoms with Gasteiger partial charge in [-0.05, 0) is 111 Å². The summed E-state index contributed by atoms with van der Waals surface area (Å²) in [5.41, 5.74) is -4.32. The van der Waals surface area contributed by atoms with Crippen LogP contribution in [0.25, 0.3) is 0 Å². The summed E-state index contributed by atoms with van der Waals surface area (Å²) < 4.78 is 51.9. The second-order valence-corrected chi connectivity index (χ2v) is 21.8. The van der Waals surface area contributed by atoms with Crippen LogP contribution in [-0.2, 0) is 47.5 Å². The van der Waals surface area contributed by atoms with E-state index in [4.69, 9.17) is 42.7 Å². The molecule has 3 heterocycles. The summed E-state index contributed by atoms with van der Waals surface area (Å²) in [4.78, 5) is 63.1. The van der Waals surface area contributed by atoms with Gasteiger partial charge in [0.05, 0.1) is 70.5 Å². The maximum atomic E-state index is 14.8. The van der Waals surface area contributed by atoms with Gasteiger partial charge in [-0.2, -0.15) is 0 Å². The summed E-state index contributed by atoms with van der Waals surface area (Å²) in [6.45, 7) is 16.6. The van der Waals surface area contributed by atoms with Gasteiger partial charge in [0, 0.05) is 31.3 Å². The molecule has 18 heteroatoms. The molecule has 76 heavy (non-hydrogen) atoms. The largest absolute Gasteiger partial charge is 0.459 e. The number of carbonyl (C=O) groups excluding carboxylic acids is 4. The quantitative estimate of drug-likeness (QED) is 0.0668. The molecule has 3 N–H and O–H groups in total. The summed E-state index contributed by atoms with van der Waals surface area (Å²) in [5, 5.41) is 42.1. The van der Waals surface area contributed by atoms with Crippen molar-refractivity contribution < 1.29 is 77.2 Å². The Labute approximate surface area is 447 Å². The summed E-state index contributed by atoms with van der Waals surface area (Å²) in [7, 11) is 5.21. The number of aliphatic hydroxyl groups excluding tert-OH is 1. The van der Waals surface area contributed by atoms with E-state index in [9.17, 15) is 34.5 Å². The molecule has 6 rings (SSSR count). The molecule has 3 aromatic rings. The van der Waals surface area contributed by atoms with E-state index in [0.29, 0.717) is 17.5 Å². The lowest BCUT2D eigenvalue weighted by molar-refractivity contribution is -0.317. The molecule has 3 fully saturated rings. The highest BCUT2D eigenvalue weighted by Gasteiger charge is 2.55. The zero-order chi connectivity index (χ0) is 55.9. The first-order chi connectivity index (χ1) is 35.8. The van der Waals surface area contributed by atoms with Gasteiger partial charge in [-0.15, -0.1) is 0 Å². The fraction of sp³-hybridized carbons (Fsp3) is 0.603. The molecule has 0 amide bonds. The summed E-state index contributed by atoms with van der Waals surface area (Å²) >= 11 is 0. The van der Waals surface area contributed by atoms with Gasteiger partial charge in [0.15, 0.2) is 24.8 Å². The number of nitrogens with zero attached hydrogens (tertiary/aromatic N) is 2. The Morgan fingerprint density at radius 3 is 1.79 bits per heavy atom. The van der Waals surface area contributed by atoms with Crippen molar-refractivity contribution in [1.82, 2.24) is 4.90 Å². The molecule has 0 aromatic heterocycles. The van der Waals surface area contributed by atoms with Crippen molar-refractivity contribution in [2.45, 2.75) is 179 Å². The molecule has 0 aliphatic carbocycles. The average Bonchev–Trinajstić information content (AvgIpc) is 3.39. The van der Waals surface area contributed by atoms with Crippen LogP contribution in [0.1, 0.15) is 126 Å². The zero-order valence-electron chi connectivity index (χ0n) is 46.2. The molecule has 18 atom stereocenters. The summed E-state index contributed by atoms with van der Waals surface area (Å²) in [6.07, 6.45) is -10.9. The van der Waals surface area contributed by atoms with E-state index in [2.05, 4.69) is 5.16 Å². The first-order valence-electron chi connectivity index (χ1n) is 26.4. The van der Waals surface area contributed by atoms with Gasteiger partial charge in [0.25, 0.3) is 0 Å². The van der Waals surface area contributed by atoms with Crippen LogP contribution in [0.3, 0.4) is 0 Å². The molecule has 0 saturated carbocycles. The molecule has 18 nitrogen and oxygen atoms in total. The Balaban J connectivity index is 1.47. The Morgan fingerprint density at radius 2 is 1.26 bits per heavy atom.